The summed E-state index contributed by atoms with van der Waals surface area (Å²) in [7, 11) is -3.77. The second-order valence-electron chi connectivity index (χ2n) is 3.02. The molecule has 8 heteroatoms. The van der Waals surface area contributed by atoms with Crippen molar-refractivity contribution in [2.24, 2.45) is 0 Å². The van der Waals surface area contributed by atoms with Gasteiger partial charge < -0.3 is 10.2 Å². The molecule has 0 bridgehead atoms. The second-order valence-corrected chi connectivity index (χ2v) is 5.65. The predicted molar refractivity (Wildman–Crippen MR) is 60.2 cm³/mol. The highest BCUT2D eigenvalue weighted by molar-refractivity contribution is 9.10. The van der Waals surface area contributed by atoms with Crippen molar-refractivity contribution in [1.29, 1.82) is 0 Å². The van der Waals surface area contributed by atoms with Gasteiger partial charge in [-0.25, -0.2) is 13.1 Å². The molecule has 0 aromatic carbocycles. The van der Waals surface area contributed by atoms with E-state index in [9.17, 15) is 8.42 Å². The molecule has 1 rings (SSSR count). The van der Waals surface area contributed by atoms with Crippen molar-refractivity contribution in [3.05, 3.63) is 22.9 Å². The van der Waals surface area contributed by atoms with Crippen LogP contribution in [0.5, 0.6) is 0 Å². The smallest absolute Gasteiger partial charge is 0.242 e. The second kappa shape index (κ2) is 5.69. The molecule has 0 spiro atoms. The van der Waals surface area contributed by atoms with Crippen molar-refractivity contribution in [2.75, 3.05) is 13.2 Å². The van der Waals surface area contributed by atoms with Crippen molar-refractivity contribution in [1.82, 2.24) is 9.71 Å². The molecule has 0 aliphatic rings. The molecule has 0 fully saturated rings. The van der Waals surface area contributed by atoms with Gasteiger partial charge in [-0.3, -0.25) is 4.98 Å². The lowest BCUT2D eigenvalue weighted by molar-refractivity contribution is 0.185. The lowest BCUT2D eigenvalue weighted by Crippen LogP contribution is -2.40. The minimum Gasteiger partial charge on any atom is -0.395 e. The van der Waals surface area contributed by atoms with Crippen LogP contribution >= 0.6 is 15.9 Å². The Balaban J connectivity index is 2.94. The van der Waals surface area contributed by atoms with E-state index >= 15 is 0 Å². The van der Waals surface area contributed by atoms with Gasteiger partial charge in [-0.05, 0) is 22.0 Å². The minimum absolute atomic E-state index is 0.0335. The fourth-order valence-corrected chi connectivity index (χ4v) is 2.68. The van der Waals surface area contributed by atoms with Gasteiger partial charge in [0.15, 0.2) is 0 Å². The van der Waals surface area contributed by atoms with Gasteiger partial charge >= 0.3 is 0 Å². The van der Waals surface area contributed by atoms with E-state index in [0.717, 1.165) is 0 Å². The maximum absolute atomic E-state index is 11.7. The molecule has 6 nitrogen and oxygen atoms in total. The molecule has 1 aromatic heterocycles. The number of hydrogen-bond acceptors (Lipinski definition) is 5. The van der Waals surface area contributed by atoms with Crippen LogP contribution in [0.15, 0.2) is 27.8 Å². The number of aromatic nitrogens is 1. The van der Waals surface area contributed by atoms with E-state index in [0.29, 0.717) is 4.47 Å². The molecule has 16 heavy (non-hydrogen) atoms. The summed E-state index contributed by atoms with van der Waals surface area (Å²) < 4.78 is 26.1. The van der Waals surface area contributed by atoms with Crippen LogP contribution in [0.3, 0.4) is 0 Å². The largest absolute Gasteiger partial charge is 0.395 e. The molecule has 0 unspecified atom stereocenters. The summed E-state index contributed by atoms with van der Waals surface area (Å²) in [5.74, 6) is 0. The van der Waals surface area contributed by atoms with Gasteiger partial charge in [-0.2, -0.15) is 0 Å². The van der Waals surface area contributed by atoms with E-state index in [4.69, 9.17) is 10.2 Å². The van der Waals surface area contributed by atoms with E-state index < -0.39 is 29.3 Å². The fraction of sp³-hybridized carbons (Fsp3) is 0.375. The standard InChI is InChI=1S/C8H11BrN2O4S/c9-6-1-8(3-10-2-6)16(14,15)11-7(4-12)5-13/h1-3,7,11-13H,4-5H2. The number of aliphatic hydroxyl groups is 2. The number of aliphatic hydroxyl groups excluding tert-OH is 2. The summed E-state index contributed by atoms with van der Waals surface area (Å²) in [5.41, 5.74) is 0. The number of sulfonamides is 1. The zero-order chi connectivity index (χ0) is 12.2. The first-order chi connectivity index (χ1) is 7.49. The highest BCUT2D eigenvalue weighted by Crippen LogP contribution is 2.14. The summed E-state index contributed by atoms with van der Waals surface area (Å²) in [4.78, 5) is 3.68. The molecule has 0 aliphatic carbocycles. The lowest BCUT2D eigenvalue weighted by atomic mass is 10.4. The average molecular weight is 311 g/mol. The number of pyridine rings is 1. The summed E-state index contributed by atoms with van der Waals surface area (Å²) in [6.45, 7) is -0.950. The Morgan fingerprint density at radius 2 is 2.00 bits per heavy atom. The van der Waals surface area contributed by atoms with Gasteiger partial charge in [0.1, 0.15) is 4.90 Å². The van der Waals surface area contributed by atoms with E-state index in [-0.39, 0.29) is 4.90 Å². The van der Waals surface area contributed by atoms with E-state index in [1.54, 1.807) is 0 Å². The minimum atomic E-state index is -3.77. The van der Waals surface area contributed by atoms with Crippen LogP contribution in [0.25, 0.3) is 0 Å². The summed E-state index contributed by atoms with van der Waals surface area (Å²) >= 11 is 3.10. The monoisotopic (exact) mass is 310 g/mol. The molecule has 0 saturated heterocycles. The van der Waals surface area contributed by atoms with Crippen LogP contribution in [0, 0.1) is 0 Å². The number of nitrogens with one attached hydrogen (secondary N) is 1. The Hall–Kier alpha value is -0.540. The van der Waals surface area contributed by atoms with Crippen LogP contribution in [0.2, 0.25) is 0 Å². The molecule has 1 aromatic rings. The molecule has 0 atom stereocenters. The van der Waals surface area contributed by atoms with Gasteiger partial charge in [0.2, 0.25) is 10.0 Å². The maximum Gasteiger partial charge on any atom is 0.242 e. The molecule has 90 valence electrons. The number of nitrogens with zero attached hydrogens (tertiary/aromatic N) is 1. The van der Waals surface area contributed by atoms with Gasteiger partial charge in [0.25, 0.3) is 0 Å². The van der Waals surface area contributed by atoms with Crippen molar-refractivity contribution in [2.45, 2.75) is 10.9 Å². The maximum atomic E-state index is 11.7. The van der Waals surface area contributed by atoms with Crippen LogP contribution < -0.4 is 4.72 Å². The molecule has 0 amide bonds. The quantitative estimate of drug-likeness (QED) is 0.679. The Morgan fingerprint density at radius 1 is 1.38 bits per heavy atom. The highest BCUT2D eigenvalue weighted by atomic mass is 79.9. The number of halogens is 1. The first kappa shape index (κ1) is 13.5. The molecule has 0 aliphatic heterocycles. The predicted octanol–water partition coefficient (Wildman–Crippen LogP) is -0.524. The fourth-order valence-electron chi connectivity index (χ4n) is 0.959. The highest BCUT2D eigenvalue weighted by Gasteiger charge is 2.19. The van der Waals surface area contributed by atoms with Crippen molar-refractivity contribution in [3.63, 3.8) is 0 Å². The Bertz CT molecular complexity index is 447. The van der Waals surface area contributed by atoms with Gasteiger partial charge in [0, 0.05) is 16.9 Å². The summed E-state index contributed by atoms with van der Waals surface area (Å²) in [6, 6.07) is 0.463. The molecule has 3 N–H and O–H groups in total. The van der Waals surface area contributed by atoms with Gasteiger partial charge in [-0.15, -0.1) is 0 Å². The van der Waals surface area contributed by atoms with E-state index in [1.807, 2.05) is 0 Å². The summed E-state index contributed by atoms with van der Waals surface area (Å²) in [6.07, 6.45) is 2.63. The first-order valence-corrected chi connectivity index (χ1v) is 6.62. The van der Waals surface area contributed by atoms with E-state index in [2.05, 4.69) is 25.6 Å². The van der Waals surface area contributed by atoms with Crippen LogP contribution in [-0.4, -0.2) is 42.9 Å². The van der Waals surface area contributed by atoms with Gasteiger partial charge in [-0.1, -0.05) is 0 Å². The van der Waals surface area contributed by atoms with Crippen molar-refractivity contribution >= 4 is 26.0 Å². The number of rotatable bonds is 5. The lowest BCUT2D eigenvalue weighted by Gasteiger charge is -2.13. The SMILES string of the molecule is O=S(=O)(NC(CO)CO)c1cncc(Br)c1. The number of hydrogen-bond donors (Lipinski definition) is 3. The van der Waals surface area contributed by atoms with Crippen LogP contribution in [0.1, 0.15) is 0 Å². The van der Waals surface area contributed by atoms with Gasteiger partial charge in [0.05, 0.1) is 19.3 Å². The third kappa shape index (κ3) is 3.49. The Kier molecular flexibility index (Phi) is 4.81. The van der Waals surface area contributed by atoms with Crippen molar-refractivity contribution < 1.29 is 18.6 Å². The molecular weight excluding hydrogens is 300 g/mol. The average Bonchev–Trinajstić information content (AvgIpc) is 2.26. The molecule has 0 radical (unpaired) electrons. The van der Waals surface area contributed by atoms with Crippen molar-refractivity contribution in [3.8, 4) is 0 Å². The van der Waals surface area contributed by atoms with Crippen LogP contribution in [0.4, 0.5) is 0 Å². The topological polar surface area (TPSA) is 99.5 Å². The van der Waals surface area contributed by atoms with E-state index in [1.165, 1.54) is 18.5 Å². The Morgan fingerprint density at radius 3 is 2.50 bits per heavy atom. The first-order valence-electron chi connectivity index (χ1n) is 4.34. The normalized spacial score (nSPS) is 12.0. The Labute approximate surface area is 102 Å². The zero-order valence-corrected chi connectivity index (χ0v) is 10.6. The molecular formula is C8H11BrN2O4S. The summed E-state index contributed by atoms with van der Waals surface area (Å²) in [5, 5.41) is 17.6. The molecule has 1 heterocycles. The van der Waals surface area contributed by atoms with Crippen LogP contribution in [-0.2, 0) is 10.0 Å². The third-order valence-corrected chi connectivity index (χ3v) is 3.67. The molecule has 0 saturated carbocycles. The third-order valence-electron chi connectivity index (χ3n) is 1.75. The zero-order valence-electron chi connectivity index (χ0n) is 8.17.